The van der Waals surface area contributed by atoms with Crippen molar-refractivity contribution in [2.45, 2.75) is 24.4 Å². The van der Waals surface area contributed by atoms with E-state index in [1.165, 1.54) is 6.07 Å². The predicted molar refractivity (Wildman–Crippen MR) is 145 cm³/mol. The molecule has 9 heteroatoms. The molecule has 2 aromatic carbocycles. The summed E-state index contributed by atoms with van der Waals surface area (Å²) in [5.41, 5.74) is 4.53. The number of carbonyl (C=O) groups is 1. The summed E-state index contributed by atoms with van der Waals surface area (Å²) in [6.45, 7) is 2.46. The second-order valence-corrected chi connectivity index (χ2v) is 10.1. The van der Waals surface area contributed by atoms with Crippen molar-refractivity contribution in [2.24, 2.45) is 0 Å². The Morgan fingerprint density at radius 3 is 2.81 bits per heavy atom. The molecule has 3 heterocycles. The molecule has 2 aromatic heterocycles. The Kier molecular flexibility index (Phi) is 7.60. The molecule has 0 fully saturated rings. The first-order chi connectivity index (χ1) is 17.9. The van der Waals surface area contributed by atoms with Crippen LogP contribution in [0.5, 0.6) is 0 Å². The maximum Gasteiger partial charge on any atom is 0.326 e. The van der Waals surface area contributed by atoms with Gasteiger partial charge in [-0.2, -0.15) is 0 Å². The summed E-state index contributed by atoms with van der Waals surface area (Å²) >= 11 is 7.65. The number of halogens is 3. The fourth-order valence-corrected chi connectivity index (χ4v) is 5.31. The average molecular weight is 539 g/mol. The number of pyridine rings is 1. The number of fused-ring (bicyclic) bond motifs is 3. The van der Waals surface area contributed by atoms with E-state index >= 15 is 0 Å². The molecule has 0 spiro atoms. The van der Waals surface area contributed by atoms with E-state index in [-0.39, 0.29) is 6.03 Å². The molecular weight excluding hydrogens is 514 g/mol. The van der Waals surface area contributed by atoms with Crippen molar-refractivity contribution in [3.05, 3.63) is 100.0 Å². The summed E-state index contributed by atoms with van der Waals surface area (Å²) in [7, 11) is 0. The second kappa shape index (κ2) is 11.0. The van der Waals surface area contributed by atoms with Crippen LogP contribution in [0.15, 0.2) is 65.7 Å². The minimum atomic E-state index is -0.854. The van der Waals surface area contributed by atoms with Crippen molar-refractivity contribution >= 4 is 46.4 Å². The van der Waals surface area contributed by atoms with Gasteiger partial charge >= 0.3 is 6.03 Å². The molecule has 1 N–H and O–H groups in total. The van der Waals surface area contributed by atoms with Crippen LogP contribution in [0.4, 0.5) is 13.6 Å². The number of amides is 1. The van der Waals surface area contributed by atoms with Crippen molar-refractivity contribution in [3.63, 3.8) is 0 Å². The molecule has 0 saturated carbocycles. The minimum Gasteiger partial charge on any atom is -0.333 e. The van der Waals surface area contributed by atoms with Gasteiger partial charge in [0.25, 0.3) is 0 Å². The highest BCUT2D eigenvalue weighted by molar-refractivity contribution is 7.98. The van der Waals surface area contributed by atoms with E-state index in [0.717, 1.165) is 45.2 Å². The molecule has 0 radical (unpaired) electrons. The average Bonchev–Trinajstić information content (AvgIpc) is 3.22. The van der Waals surface area contributed by atoms with Gasteiger partial charge in [0, 0.05) is 54.8 Å². The zero-order chi connectivity index (χ0) is 25.9. The number of carbonyl (C=O) groups excluding carboxylic acids is 1. The quantitative estimate of drug-likeness (QED) is 0.224. The number of rotatable bonds is 6. The molecular formula is C28H25ClF2N4OS. The van der Waals surface area contributed by atoms with Crippen LogP contribution in [-0.2, 0) is 19.5 Å². The van der Waals surface area contributed by atoms with Gasteiger partial charge in [-0.05, 0) is 65.4 Å². The molecule has 1 aliphatic heterocycles. The Balaban J connectivity index is 1.38. The summed E-state index contributed by atoms with van der Waals surface area (Å²) in [6, 6.07) is 13.5. The normalized spacial score (nSPS) is 13.8. The molecule has 190 valence electrons. The predicted octanol–water partition coefficient (Wildman–Crippen LogP) is 6.52. The summed E-state index contributed by atoms with van der Waals surface area (Å²) in [4.78, 5) is 20.8. The minimum absolute atomic E-state index is 0.178. The van der Waals surface area contributed by atoms with E-state index in [1.807, 2.05) is 30.5 Å². The fourth-order valence-electron chi connectivity index (χ4n) is 4.67. The number of hydrogen-bond acceptors (Lipinski definition) is 4. The SMILES string of the molecule is CSc1ccc2c(c1)c1c(n2C(=O)NCc2ccnc(Cl)c2)CCN(C/C=C/c2ccc(F)c(F)c2)C1. The number of thioether (sulfide) groups is 1. The molecule has 0 aliphatic carbocycles. The van der Waals surface area contributed by atoms with E-state index in [0.29, 0.717) is 36.8 Å². The maximum absolute atomic E-state index is 13.5. The van der Waals surface area contributed by atoms with Crippen LogP contribution in [0.1, 0.15) is 22.4 Å². The number of aromatic nitrogens is 2. The van der Waals surface area contributed by atoms with Crippen LogP contribution >= 0.6 is 23.4 Å². The smallest absolute Gasteiger partial charge is 0.326 e. The van der Waals surface area contributed by atoms with Gasteiger partial charge in [-0.1, -0.05) is 29.8 Å². The van der Waals surface area contributed by atoms with Crippen LogP contribution in [0, 0.1) is 11.6 Å². The monoisotopic (exact) mass is 538 g/mol. The molecule has 5 rings (SSSR count). The zero-order valence-electron chi connectivity index (χ0n) is 20.2. The van der Waals surface area contributed by atoms with E-state index < -0.39 is 11.6 Å². The topological polar surface area (TPSA) is 50.2 Å². The summed E-state index contributed by atoms with van der Waals surface area (Å²) in [6.07, 6.45) is 8.12. The molecule has 4 aromatic rings. The van der Waals surface area contributed by atoms with Gasteiger partial charge in [0.2, 0.25) is 0 Å². The van der Waals surface area contributed by atoms with Gasteiger partial charge in [-0.3, -0.25) is 9.47 Å². The highest BCUT2D eigenvalue weighted by Crippen LogP contribution is 2.33. The number of nitrogens with one attached hydrogen (secondary N) is 1. The van der Waals surface area contributed by atoms with Crippen LogP contribution in [-0.4, -0.2) is 39.8 Å². The van der Waals surface area contributed by atoms with Crippen molar-refractivity contribution in [3.8, 4) is 0 Å². The number of nitrogens with zero attached hydrogens (tertiary/aromatic N) is 3. The molecule has 0 unspecified atom stereocenters. The third-order valence-corrected chi connectivity index (χ3v) is 7.42. The summed E-state index contributed by atoms with van der Waals surface area (Å²) in [5.74, 6) is -1.71. The Bertz CT molecular complexity index is 1500. The highest BCUT2D eigenvalue weighted by atomic mass is 35.5. The van der Waals surface area contributed by atoms with Crippen molar-refractivity contribution < 1.29 is 13.6 Å². The lowest BCUT2D eigenvalue weighted by molar-refractivity contribution is 0.240. The molecule has 0 atom stereocenters. The summed E-state index contributed by atoms with van der Waals surface area (Å²) in [5, 5.41) is 4.48. The van der Waals surface area contributed by atoms with Gasteiger partial charge < -0.3 is 5.32 Å². The first kappa shape index (κ1) is 25.4. The fraction of sp³-hybridized carbons (Fsp3) is 0.214. The Morgan fingerprint density at radius 2 is 2.03 bits per heavy atom. The van der Waals surface area contributed by atoms with Gasteiger partial charge in [0.1, 0.15) is 5.15 Å². The van der Waals surface area contributed by atoms with Crippen molar-refractivity contribution in [1.82, 2.24) is 19.8 Å². The largest absolute Gasteiger partial charge is 0.333 e. The van der Waals surface area contributed by atoms with E-state index in [2.05, 4.69) is 21.3 Å². The van der Waals surface area contributed by atoms with E-state index in [9.17, 15) is 13.6 Å². The lowest BCUT2D eigenvalue weighted by Crippen LogP contribution is -2.34. The van der Waals surface area contributed by atoms with Gasteiger partial charge in [-0.25, -0.2) is 18.6 Å². The molecule has 5 nitrogen and oxygen atoms in total. The molecule has 0 saturated heterocycles. The third-order valence-electron chi connectivity index (χ3n) is 6.49. The lowest BCUT2D eigenvalue weighted by Gasteiger charge is -2.27. The number of hydrogen-bond donors (Lipinski definition) is 1. The van der Waals surface area contributed by atoms with Crippen LogP contribution < -0.4 is 5.32 Å². The van der Waals surface area contributed by atoms with Crippen molar-refractivity contribution in [2.75, 3.05) is 19.3 Å². The zero-order valence-corrected chi connectivity index (χ0v) is 21.8. The first-order valence-electron chi connectivity index (χ1n) is 11.9. The Morgan fingerprint density at radius 1 is 1.16 bits per heavy atom. The standard InChI is InChI=1S/C28H25ClF2N4OS/c1-37-20-5-7-25-21(15-20)22-17-34(11-2-3-18-4-6-23(30)24(31)13-18)12-9-26(22)35(25)28(36)33-16-19-8-10-32-27(29)14-19/h2-8,10,13-15H,9,11-12,16-17H2,1H3,(H,33,36)/b3-2+. The number of benzene rings is 2. The molecule has 1 amide bonds. The maximum atomic E-state index is 13.5. The van der Waals surface area contributed by atoms with Crippen LogP contribution in [0.3, 0.4) is 0 Å². The van der Waals surface area contributed by atoms with E-state index in [4.69, 9.17) is 11.6 Å². The van der Waals surface area contributed by atoms with Gasteiger partial charge in [0.05, 0.1) is 5.52 Å². The highest BCUT2D eigenvalue weighted by Gasteiger charge is 2.26. The third kappa shape index (κ3) is 5.56. The summed E-state index contributed by atoms with van der Waals surface area (Å²) < 4.78 is 28.5. The van der Waals surface area contributed by atoms with Gasteiger partial charge in [0.15, 0.2) is 11.6 Å². The van der Waals surface area contributed by atoms with Gasteiger partial charge in [-0.15, -0.1) is 11.8 Å². The molecule has 0 bridgehead atoms. The molecule has 37 heavy (non-hydrogen) atoms. The van der Waals surface area contributed by atoms with Crippen LogP contribution in [0.25, 0.3) is 17.0 Å². The lowest BCUT2D eigenvalue weighted by atomic mass is 10.0. The Hall–Kier alpha value is -3.20. The van der Waals surface area contributed by atoms with Crippen molar-refractivity contribution in [1.29, 1.82) is 0 Å². The Labute approximate surface area is 223 Å². The van der Waals surface area contributed by atoms with E-state index in [1.54, 1.807) is 40.7 Å². The second-order valence-electron chi connectivity index (χ2n) is 8.85. The molecule has 1 aliphatic rings. The van der Waals surface area contributed by atoms with Crippen LogP contribution in [0.2, 0.25) is 5.15 Å². The first-order valence-corrected chi connectivity index (χ1v) is 13.5.